The van der Waals surface area contributed by atoms with Crippen molar-refractivity contribution in [2.45, 2.75) is 51.9 Å². The van der Waals surface area contributed by atoms with E-state index in [-0.39, 0.29) is 5.97 Å². The van der Waals surface area contributed by atoms with Gasteiger partial charge in [-0.3, -0.25) is 4.79 Å². The number of nitrogens with one attached hydrogen (secondary N) is 1. The number of unbranched alkanes of at least 4 members (excludes halogenated alkanes) is 3. The van der Waals surface area contributed by atoms with E-state index < -0.39 is 0 Å². The molecule has 1 aliphatic rings. The highest BCUT2D eigenvalue weighted by Gasteiger charge is 2.17. The molecule has 0 aromatic rings. The van der Waals surface area contributed by atoms with Gasteiger partial charge in [0.25, 0.3) is 0 Å². The van der Waals surface area contributed by atoms with E-state index in [0.717, 1.165) is 32.4 Å². The minimum Gasteiger partial charge on any atom is -0.466 e. The Labute approximate surface area is 98.9 Å². The van der Waals surface area contributed by atoms with Gasteiger partial charge in [-0.05, 0) is 38.3 Å². The summed E-state index contributed by atoms with van der Waals surface area (Å²) in [5, 5.41) is 3.30. The third-order valence-electron chi connectivity index (χ3n) is 3.18. The largest absolute Gasteiger partial charge is 0.466 e. The molecule has 1 heterocycles. The standard InChI is InChI=1S/C13H25NO2/c1-2-3-4-5-10-16-13(15)11-12-6-8-14-9-7-12/h12,14H,2-11H2,1H3. The van der Waals surface area contributed by atoms with Gasteiger partial charge in [-0.15, -0.1) is 0 Å². The van der Waals surface area contributed by atoms with E-state index in [4.69, 9.17) is 4.74 Å². The Kier molecular flexibility index (Phi) is 7.23. The van der Waals surface area contributed by atoms with Crippen molar-refractivity contribution in [3.8, 4) is 0 Å². The van der Waals surface area contributed by atoms with E-state index in [9.17, 15) is 4.79 Å². The minimum absolute atomic E-state index is 0.00315. The number of piperidine rings is 1. The molecule has 0 saturated carbocycles. The summed E-state index contributed by atoms with van der Waals surface area (Å²) in [4.78, 5) is 11.5. The van der Waals surface area contributed by atoms with Crippen molar-refractivity contribution in [1.29, 1.82) is 0 Å². The second-order valence-corrected chi connectivity index (χ2v) is 4.68. The fraction of sp³-hybridized carbons (Fsp3) is 0.923. The van der Waals surface area contributed by atoms with E-state index in [2.05, 4.69) is 12.2 Å². The van der Waals surface area contributed by atoms with Crippen LogP contribution < -0.4 is 5.32 Å². The predicted molar refractivity (Wildman–Crippen MR) is 65.3 cm³/mol. The summed E-state index contributed by atoms with van der Waals surface area (Å²) in [7, 11) is 0. The molecular weight excluding hydrogens is 202 g/mol. The zero-order chi connectivity index (χ0) is 11.6. The molecule has 0 aromatic heterocycles. The molecule has 94 valence electrons. The highest BCUT2D eigenvalue weighted by molar-refractivity contribution is 5.69. The molecule has 0 bridgehead atoms. The zero-order valence-corrected chi connectivity index (χ0v) is 10.5. The van der Waals surface area contributed by atoms with Crippen molar-refractivity contribution in [3.05, 3.63) is 0 Å². The molecule has 1 rings (SSSR count). The summed E-state index contributed by atoms with van der Waals surface area (Å²) in [5.41, 5.74) is 0. The third kappa shape index (κ3) is 6.11. The lowest BCUT2D eigenvalue weighted by atomic mass is 9.95. The Morgan fingerprint density at radius 1 is 1.25 bits per heavy atom. The van der Waals surface area contributed by atoms with Gasteiger partial charge >= 0.3 is 5.97 Å². The SMILES string of the molecule is CCCCCCOC(=O)CC1CCNCC1. The van der Waals surface area contributed by atoms with Crippen LogP contribution in [0.1, 0.15) is 51.9 Å². The fourth-order valence-corrected chi connectivity index (χ4v) is 2.10. The van der Waals surface area contributed by atoms with Crippen LogP contribution in [0.2, 0.25) is 0 Å². The number of hydrogen-bond donors (Lipinski definition) is 1. The number of ether oxygens (including phenoxy) is 1. The van der Waals surface area contributed by atoms with E-state index in [1.54, 1.807) is 0 Å². The van der Waals surface area contributed by atoms with Gasteiger partial charge < -0.3 is 10.1 Å². The van der Waals surface area contributed by atoms with Crippen LogP contribution in [0.4, 0.5) is 0 Å². The molecule has 0 spiro atoms. The number of carbonyl (C=O) groups is 1. The van der Waals surface area contributed by atoms with Gasteiger partial charge in [0.2, 0.25) is 0 Å². The molecule has 0 aliphatic carbocycles. The van der Waals surface area contributed by atoms with Gasteiger partial charge in [-0.1, -0.05) is 26.2 Å². The van der Waals surface area contributed by atoms with Gasteiger partial charge in [0.1, 0.15) is 0 Å². The zero-order valence-electron chi connectivity index (χ0n) is 10.5. The second kappa shape index (κ2) is 8.57. The van der Waals surface area contributed by atoms with Crippen LogP contribution >= 0.6 is 0 Å². The highest BCUT2D eigenvalue weighted by atomic mass is 16.5. The van der Waals surface area contributed by atoms with Crippen molar-refractivity contribution in [2.75, 3.05) is 19.7 Å². The Bertz CT molecular complexity index is 188. The third-order valence-corrected chi connectivity index (χ3v) is 3.18. The van der Waals surface area contributed by atoms with Crippen LogP contribution in [0.3, 0.4) is 0 Å². The summed E-state index contributed by atoms with van der Waals surface area (Å²) in [6, 6.07) is 0. The molecule has 0 aromatic carbocycles. The molecule has 3 heteroatoms. The highest BCUT2D eigenvalue weighted by Crippen LogP contribution is 2.16. The molecule has 1 fully saturated rings. The van der Waals surface area contributed by atoms with E-state index in [1.165, 1.54) is 19.3 Å². The molecule has 0 atom stereocenters. The Morgan fingerprint density at radius 2 is 2.00 bits per heavy atom. The van der Waals surface area contributed by atoms with Crippen molar-refractivity contribution >= 4 is 5.97 Å². The van der Waals surface area contributed by atoms with E-state index >= 15 is 0 Å². The summed E-state index contributed by atoms with van der Waals surface area (Å²) in [5.74, 6) is 0.549. The van der Waals surface area contributed by atoms with Gasteiger partial charge in [-0.25, -0.2) is 0 Å². The van der Waals surface area contributed by atoms with Crippen molar-refractivity contribution in [2.24, 2.45) is 5.92 Å². The molecule has 1 N–H and O–H groups in total. The number of hydrogen-bond acceptors (Lipinski definition) is 3. The Balaban J connectivity index is 1.97. The number of rotatable bonds is 7. The maximum Gasteiger partial charge on any atom is 0.306 e. The lowest BCUT2D eigenvalue weighted by Gasteiger charge is -2.21. The lowest BCUT2D eigenvalue weighted by Crippen LogP contribution is -2.29. The molecule has 0 unspecified atom stereocenters. The normalized spacial score (nSPS) is 17.3. The topological polar surface area (TPSA) is 38.3 Å². The van der Waals surface area contributed by atoms with Crippen LogP contribution in [0, 0.1) is 5.92 Å². The average molecular weight is 227 g/mol. The summed E-state index contributed by atoms with van der Waals surface area (Å²) >= 11 is 0. The molecule has 1 aliphatic heterocycles. The minimum atomic E-state index is 0.00315. The first-order chi connectivity index (χ1) is 7.83. The average Bonchev–Trinajstić information content (AvgIpc) is 2.30. The van der Waals surface area contributed by atoms with E-state index in [1.807, 2.05) is 0 Å². The maximum atomic E-state index is 11.5. The molecule has 0 amide bonds. The second-order valence-electron chi connectivity index (χ2n) is 4.68. The van der Waals surface area contributed by atoms with Crippen LogP contribution in [-0.4, -0.2) is 25.7 Å². The summed E-state index contributed by atoms with van der Waals surface area (Å²) < 4.78 is 5.23. The maximum absolute atomic E-state index is 11.5. The molecule has 1 saturated heterocycles. The fourth-order valence-electron chi connectivity index (χ4n) is 2.10. The summed E-state index contributed by atoms with van der Waals surface area (Å²) in [6.07, 6.45) is 7.52. The predicted octanol–water partition coefficient (Wildman–Crippen LogP) is 2.50. The molecule has 3 nitrogen and oxygen atoms in total. The summed E-state index contributed by atoms with van der Waals surface area (Å²) in [6.45, 7) is 4.90. The first-order valence-corrected chi connectivity index (χ1v) is 6.69. The Morgan fingerprint density at radius 3 is 2.69 bits per heavy atom. The van der Waals surface area contributed by atoms with Gasteiger partial charge in [0.05, 0.1) is 6.61 Å². The Hall–Kier alpha value is -0.570. The van der Waals surface area contributed by atoms with Gasteiger partial charge in [0, 0.05) is 6.42 Å². The van der Waals surface area contributed by atoms with Crippen molar-refractivity contribution in [1.82, 2.24) is 5.32 Å². The first kappa shape index (κ1) is 13.5. The first-order valence-electron chi connectivity index (χ1n) is 6.69. The van der Waals surface area contributed by atoms with Crippen LogP contribution in [0.5, 0.6) is 0 Å². The van der Waals surface area contributed by atoms with Gasteiger partial charge in [0.15, 0.2) is 0 Å². The lowest BCUT2D eigenvalue weighted by molar-refractivity contribution is -0.145. The smallest absolute Gasteiger partial charge is 0.306 e. The molecule has 16 heavy (non-hydrogen) atoms. The molecule has 0 radical (unpaired) electrons. The number of carbonyl (C=O) groups excluding carboxylic acids is 1. The van der Waals surface area contributed by atoms with Crippen LogP contribution in [0.25, 0.3) is 0 Å². The van der Waals surface area contributed by atoms with Crippen molar-refractivity contribution in [3.63, 3.8) is 0 Å². The van der Waals surface area contributed by atoms with Gasteiger partial charge in [-0.2, -0.15) is 0 Å². The number of esters is 1. The quantitative estimate of drug-likeness (QED) is 0.536. The molecular formula is C13H25NO2. The van der Waals surface area contributed by atoms with Crippen molar-refractivity contribution < 1.29 is 9.53 Å². The monoisotopic (exact) mass is 227 g/mol. The van der Waals surface area contributed by atoms with Crippen LogP contribution in [0.15, 0.2) is 0 Å². The van der Waals surface area contributed by atoms with E-state index in [0.29, 0.717) is 18.9 Å². The van der Waals surface area contributed by atoms with Crippen LogP contribution in [-0.2, 0) is 9.53 Å².